The topological polar surface area (TPSA) is 147 Å². The van der Waals surface area contributed by atoms with E-state index < -0.39 is 47.8 Å². The van der Waals surface area contributed by atoms with E-state index >= 15 is 8.78 Å². The number of hydrogen-bond donors (Lipinski definition) is 1. The largest absolute Gasteiger partial charge is 0.442 e. The predicted octanol–water partition coefficient (Wildman–Crippen LogP) is 2.08. The molecule has 16 heteroatoms. The van der Waals surface area contributed by atoms with Crippen molar-refractivity contribution in [3.63, 3.8) is 0 Å². The summed E-state index contributed by atoms with van der Waals surface area (Å²) in [6.45, 7) is 4.09. The Balaban J connectivity index is 1.11. The van der Waals surface area contributed by atoms with Crippen molar-refractivity contribution in [3.05, 3.63) is 48.0 Å². The maximum Gasteiger partial charge on any atom is 0.414 e. The van der Waals surface area contributed by atoms with Crippen molar-refractivity contribution in [2.24, 2.45) is 5.73 Å². The minimum atomic E-state index is -0.799. The SMILES string of the molecule is NC(=O)CCC(=O)N(CC1CN(c2ccc(N3CCOCC3)c(F)c2)C(=O)O1)CC1CN(c2ccc(N3CCOCC3)c(F)c2)C(=O)O1. The predicted molar refractivity (Wildman–Crippen MR) is 169 cm³/mol. The van der Waals surface area contributed by atoms with Crippen molar-refractivity contribution in [2.45, 2.75) is 25.0 Å². The Kier molecular flexibility index (Phi) is 10.1. The molecule has 4 aliphatic heterocycles. The Morgan fingerprint density at radius 2 is 1.17 bits per heavy atom. The average Bonchev–Trinajstić information content (AvgIpc) is 3.64. The van der Waals surface area contributed by atoms with Gasteiger partial charge in [-0.05, 0) is 36.4 Å². The maximum atomic E-state index is 15.1. The number of carbonyl (C=O) groups excluding carboxylic acids is 4. The van der Waals surface area contributed by atoms with Crippen molar-refractivity contribution >= 4 is 46.8 Å². The van der Waals surface area contributed by atoms with Crippen LogP contribution in [0.5, 0.6) is 0 Å². The van der Waals surface area contributed by atoms with Crippen LogP contribution in [0, 0.1) is 11.6 Å². The van der Waals surface area contributed by atoms with Gasteiger partial charge in [0.15, 0.2) is 0 Å². The van der Waals surface area contributed by atoms with Gasteiger partial charge in [0.25, 0.3) is 0 Å². The number of amides is 4. The van der Waals surface area contributed by atoms with Crippen molar-refractivity contribution in [2.75, 3.05) is 98.4 Å². The number of nitrogens with two attached hydrogens (primary N) is 1. The second-order valence-electron chi connectivity index (χ2n) is 12.0. The molecule has 2 aromatic rings. The van der Waals surface area contributed by atoms with Crippen LogP contribution >= 0.6 is 0 Å². The lowest BCUT2D eigenvalue weighted by molar-refractivity contribution is -0.135. The molecule has 0 bridgehead atoms. The van der Waals surface area contributed by atoms with Gasteiger partial charge in [-0.15, -0.1) is 0 Å². The van der Waals surface area contributed by atoms with E-state index in [4.69, 9.17) is 24.7 Å². The molecule has 0 radical (unpaired) electrons. The molecule has 48 heavy (non-hydrogen) atoms. The number of cyclic esters (lactones) is 2. The zero-order valence-corrected chi connectivity index (χ0v) is 26.4. The fourth-order valence-electron chi connectivity index (χ4n) is 6.26. The summed E-state index contributed by atoms with van der Waals surface area (Å²) < 4.78 is 52.0. The Labute approximate surface area is 275 Å². The first kappa shape index (κ1) is 33.2. The molecule has 2 N–H and O–H groups in total. The second-order valence-corrected chi connectivity index (χ2v) is 12.0. The molecule has 0 spiro atoms. The van der Waals surface area contributed by atoms with E-state index in [0.29, 0.717) is 75.4 Å². The minimum absolute atomic E-state index is 0.0279. The van der Waals surface area contributed by atoms with Gasteiger partial charge in [-0.2, -0.15) is 0 Å². The van der Waals surface area contributed by atoms with Gasteiger partial charge in [0.1, 0.15) is 23.8 Å². The third kappa shape index (κ3) is 7.54. The molecule has 4 fully saturated rings. The van der Waals surface area contributed by atoms with E-state index in [2.05, 4.69) is 0 Å². The van der Waals surface area contributed by atoms with Crippen LogP contribution in [-0.2, 0) is 28.5 Å². The van der Waals surface area contributed by atoms with Crippen molar-refractivity contribution in [1.82, 2.24) is 4.90 Å². The Hall–Kier alpha value is -4.70. The highest BCUT2D eigenvalue weighted by Crippen LogP contribution is 2.31. The van der Waals surface area contributed by atoms with Gasteiger partial charge in [0, 0.05) is 39.0 Å². The molecule has 258 valence electrons. The van der Waals surface area contributed by atoms with Crippen LogP contribution < -0.4 is 25.3 Å². The molecule has 6 rings (SSSR count). The average molecular weight is 673 g/mol. The van der Waals surface area contributed by atoms with Crippen LogP contribution in [0.4, 0.5) is 41.1 Å². The van der Waals surface area contributed by atoms with E-state index in [1.54, 1.807) is 24.3 Å². The van der Waals surface area contributed by atoms with E-state index in [-0.39, 0.29) is 39.0 Å². The lowest BCUT2D eigenvalue weighted by atomic mass is 10.2. The summed E-state index contributed by atoms with van der Waals surface area (Å²) in [5.41, 5.74) is 6.69. The fourth-order valence-corrected chi connectivity index (χ4v) is 6.26. The van der Waals surface area contributed by atoms with Crippen LogP contribution in [-0.4, -0.2) is 120 Å². The molecular formula is C32H38F2N6O8. The quantitative estimate of drug-likeness (QED) is 0.377. The molecule has 4 heterocycles. The summed E-state index contributed by atoms with van der Waals surface area (Å²) in [4.78, 5) is 58.1. The maximum absolute atomic E-state index is 15.1. The van der Waals surface area contributed by atoms with Gasteiger partial charge in [-0.1, -0.05) is 0 Å². The van der Waals surface area contributed by atoms with Crippen LogP contribution in [0.1, 0.15) is 12.8 Å². The number of morpholine rings is 2. The van der Waals surface area contributed by atoms with Crippen molar-refractivity contribution < 1.29 is 46.9 Å². The third-order valence-electron chi connectivity index (χ3n) is 8.72. The zero-order chi connectivity index (χ0) is 33.8. The highest BCUT2D eigenvalue weighted by Gasteiger charge is 2.38. The van der Waals surface area contributed by atoms with Crippen LogP contribution in [0.2, 0.25) is 0 Å². The summed E-state index contributed by atoms with van der Waals surface area (Å²) >= 11 is 0. The fraction of sp³-hybridized carbons (Fsp3) is 0.500. The highest BCUT2D eigenvalue weighted by atomic mass is 19.1. The number of benzene rings is 2. The normalized spacial score (nSPS) is 21.4. The standard InChI is InChI=1S/C32H38F2N6O8/c33-25-15-21(1-3-27(25)36-7-11-45-12-8-36)39-19-23(47-31(39)43)17-38(30(42)6-5-29(35)41)18-24-20-40(32(44)48-24)22-2-4-28(26(34)16-22)37-9-13-46-14-10-37/h1-4,15-16,23-24H,5-14,17-20H2,(H2,35,41). The van der Waals surface area contributed by atoms with E-state index in [1.165, 1.54) is 26.8 Å². The monoisotopic (exact) mass is 672 g/mol. The summed E-state index contributed by atoms with van der Waals surface area (Å²) in [5, 5.41) is 0. The van der Waals surface area contributed by atoms with E-state index in [9.17, 15) is 19.2 Å². The Morgan fingerprint density at radius 1 is 0.729 bits per heavy atom. The number of hydrogen-bond acceptors (Lipinski definition) is 10. The summed E-state index contributed by atoms with van der Waals surface area (Å²) in [7, 11) is 0. The van der Waals surface area contributed by atoms with Gasteiger partial charge in [-0.3, -0.25) is 19.4 Å². The third-order valence-corrected chi connectivity index (χ3v) is 8.72. The smallest absolute Gasteiger partial charge is 0.414 e. The zero-order valence-electron chi connectivity index (χ0n) is 26.4. The summed E-state index contributed by atoms with van der Waals surface area (Å²) in [6, 6.07) is 9.03. The Morgan fingerprint density at radius 3 is 1.56 bits per heavy atom. The number of rotatable bonds is 11. The molecule has 4 aliphatic rings. The first-order chi connectivity index (χ1) is 23.2. The van der Waals surface area contributed by atoms with Gasteiger partial charge in [0.2, 0.25) is 11.8 Å². The van der Waals surface area contributed by atoms with Crippen LogP contribution in [0.3, 0.4) is 0 Å². The molecule has 4 amide bonds. The number of ether oxygens (including phenoxy) is 4. The number of halogens is 2. The summed E-state index contributed by atoms with van der Waals surface area (Å²) in [5.74, 6) is -2.10. The lowest BCUT2D eigenvalue weighted by Crippen LogP contribution is -2.44. The summed E-state index contributed by atoms with van der Waals surface area (Å²) in [6.07, 6.45) is -3.41. The number of anilines is 4. The minimum Gasteiger partial charge on any atom is -0.442 e. The first-order valence-corrected chi connectivity index (χ1v) is 15.9. The van der Waals surface area contributed by atoms with Gasteiger partial charge in [-0.25, -0.2) is 18.4 Å². The Bertz CT molecular complexity index is 1440. The number of primary amides is 1. The molecular weight excluding hydrogens is 634 g/mol. The molecule has 0 saturated carbocycles. The molecule has 0 aliphatic carbocycles. The molecule has 0 aromatic heterocycles. The van der Waals surface area contributed by atoms with Gasteiger partial charge in [0.05, 0.1) is 75.4 Å². The second kappa shape index (κ2) is 14.6. The molecule has 4 saturated heterocycles. The van der Waals surface area contributed by atoms with E-state index in [1.807, 2.05) is 9.80 Å². The van der Waals surface area contributed by atoms with Crippen LogP contribution in [0.15, 0.2) is 36.4 Å². The molecule has 2 atom stereocenters. The molecule has 2 unspecified atom stereocenters. The van der Waals surface area contributed by atoms with Gasteiger partial charge < -0.3 is 39.4 Å². The number of carbonyl (C=O) groups is 4. The number of nitrogens with zero attached hydrogens (tertiary/aromatic N) is 5. The van der Waals surface area contributed by atoms with Gasteiger partial charge >= 0.3 is 12.2 Å². The van der Waals surface area contributed by atoms with Crippen molar-refractivity contribution in [1.29, 1.82) is 0 Å². The first-order valence-electron chi connectivity index (χ1n) is 15.9. The van der Waals surface area contributed by atoms with Crippen LogP contribution in [0.25, 0.3) is 0 Å². The molecule has 2 aromatic carbocycles. The molecule has 14 nitrogen and oxygen atoms in total. The van der Waals surface area contributed by atoms with E-state index in [0.717, 1.165) is 0 Å². The lowest BCUT2D eigenvalue weighted by Gasteiger charge is -2.29. The highest BCUT2D eigenvalue weighted by molar-refractivity contribution is 5.91. The van der Waals surface area contributed by atoms with Crippen molar-refractivity contribution in [3.8, 4) is 0 Å².